The van der Waals surface area contributed by atoms with Gasteiger partial charge in [0.1, 0.15) is 5.82 Å². The van der Waals surface area contributed by atoms with Crippen molar-refractivity contribution in [2.75, 3.05) is 0 Å². The Morgan fingerprint density at radius 1 is 0.875 bits per heavy atom. The number of benzene rings is 1. The number of aryl methyl sites for hydroxylation is 4. The summed E-state index contributed by atoms with van der Waals surface area (Å²) in [5.41, 5.74) is 3.86. The van der Waals surface area contributed by atoms with E-state index in [-0.39, 0.29) is 0 Å². The van der Waals surface area contributed by atoms with Crippen LogP contribution >= 0.6 is 0 Å². The Hall–Kier alpha value is -3.02. The van der Waals surface area contributed by atoms with Crippen LogP contribution in [0.15, 0.2) is 48.8 Å². The van der Waals surface area contributed by atoms with Crippen molar-refractivity contribution in [3.05, 3.63) is 66.0 Å². The Morgan fingerprint density at radius 2 is 1.58 bits per heavy atom. The highest BCUT2D eigenvalue weighted by atomic mass is 15.4. The molecule has 0 unspecified atom stereocenters. The molecule has 3 aromatic heterocycles. The predicted octanol–water partition coefficient (Wildman–Crippen LogP) is 2.64. The van der Waals surface area contributed by atoms with Crippen LogP contribution in [0, 0.1) is 6.92 Å². The van der Waals surface area contributed by atoms with E-state index in [1.807, 2.05) is 72.0 Å². The smallest absolute Gasteiger partial charge is 0.253 e. The quantitative estimate of drug-likeness (QED) is 0.580. The summed E-state index contributed by atoms with van der Waals surface area (Å²) in [7, 11) is 1.92. The molecule has 0 N–H and O–H groups in total. The van der Waals surface area contributed by atoms with Gasteiger partial charge >= 0.3 is 0 Å². The molecule has 0 saturated carbocycles. The van der Waals surface area contributed by atoms with Crippen LogP contribution in [-0.2, 0) is 19.9 Å². The lowest BCUT2D eigenvalue weighted by molar-refractivity contribution is 0.684. The molecule has 1 aromatic carbocycles. The third-order valence-corrected chi connectivity index (χ3v) is 4.11. The number of hydrogen-bond acceptors (Lipinski definition) is 4. The number of para-hydroxylation sites is 2. The number of hydrogen-bond donors (Lipinski definition) is 0. The molecule has 24 heavy (non-hydrogen) atoms. The molecular weight excluding hydrogens is 300 g/mol. The van der Waals surface area contributed by atoms with Gasteiger partial charge in [-0.25, -0.2) is 9.97 Å². The van der Waals surface area contributed by atoms with Gasteiger partial charge in [0.05, 0.1) is 22.4 Å². The van der Waals surface area contributed by atoms with Crippen molar-refractivity contribution < 1.29 is 0 Å². The molecule has 6 heteroatoms. The molecule has 0 aliphatic rings. The largest absolute Gasteiger partial charge is 0.292 e. The predicted molar refractivity (Wildman–Crippen MR) is 92.0 cm³/mol. The van der Waals surface area contributed by atoms with Gasteiger partial charge < -0.3 is 0 Å². The van der Waals surface area contributed by atoms with Crippen LogP contribution in [0.2, 0.25) is 0 Å². The summed E-state index contributed by atoms with van der Waals surface area (Å²) < 4.78 is 3.74. The zero-order valence-electron chi connectivity index (χ0n) is 13.7. The van der Waals surface area contributed by atoms with Crippen molar-refractivity contribution in [3.8, 4) is 5.95 Å². The van der Waals surface area contributed by atoms with Gasteiger partial charge in [-0.05, 0) is 37.6 Å². The minimum atomic E-state index is 0.693. The first-order chi connectivity index (χ1) is 11.7. The fourth-order valence-corrected chi connectivity index (χ4v) is 2.79. The SMILES string of the molecule is Cc1nc2ccccc2nc1CCc1nc(-n2cccc2)nn1C. The Bertz CT molecular complexity index is 984. The molecule has 0 atom stereocenters. The van der Waals surface area contributed by atoms with E-state index >= 15 is 0 Å². The van der Waals surface area contributed by atoms with E-state index < -0.39 is 0 Å². The first kappa shape index (κ1) is 14.6. The topological polar surface area (TPSA) is 61.4 Å². The van der Waals surface area contributed by atoms with Gasteiger partial charge in [0.15, 0.2) is 0 Å². The molecule has 4 rings (SSSR count). The van der Waals surface area contributed by atoms with Crippen molar-refractivity contribution in [3.63, 3.8) is 0 Å². The molecule has 120 valence electrons. The zero-order valence-corrected chi connectivity index (χ0v) is 13.7. The normalized spacial score (nSPS) is 11.2. The third kappa shape index (κ3) is 2.67. The standard InChI is InChI=1S/C18H18N6/c1-13-14(20-16-8-4-3-7-15(16)19-13)9-10-17-21-18(22-23(17)2)24-11-5-6-12-24/h3-8,11-12H,9-10H2,1-2H3. The number of nitrogens with zero attached hydrogens (tertiary/aromatic N) is 6. The van der Waals surface area contributed by atoms with Crippen LogP contribution in [0.4, 0.5) is 0 Å². The van der Waals surface area contributed by atoms with Gasteiger partial charge in [-0.3, -0.25) is 9.25 Å². The molecule has 0 fully saturated rings. The second-order valence-corrected chi connectivity index (χ2v) is 5.79. The Morgan fingerprint density at radius 3 is 2.33 bits per heavy atom. The van der Waals surface area contributed by atoms with Gasteiger partial charge in [-0.15, -0.1) is 5.10 Å². The number of rotatable bonds is 4. The maximum atomic E-state index is 4.75. The molecule has 0 aliphatic heterocycles. The van der Waals surface area contributed by atoms with E-state index in [0.717, 1.165) is 41.1 Å². The third-order valence-electron chi connectivity index (χ3n) is 4.11. The molecular formula is C18H18N6. The summed E-state index contributed by atoms with van der Waals surface area (Å²) in [6.45, 7) is 2.01. The Labute approximate surface area is 139 Å². The minimum Gasteiger partial charge on any atom is -0.292 e. The molecule has 0 saturated heterocycles. The minimum absolute atomic E-state index is 0.693. The maximum Gasteiger partial charge on any atom is 0.253 e. The van der Waals surface area contributed by atoms with Gasteiger partial charge in [0, 0.05) is 25.9 Å². The van der Waals surface area contributed by atoms with Crippen molar-refractivity contribution in [1.29, 1.82) is 0 Å². The molecule has 0 radical (unpaired) electrons. The van der Waals surface area contributed by atoms with Gasteiger partial charge in [-0.1, -0.05) is 12.1 Å². The summed E-state index contributed by atoms with van der Waals surface area (Å²) >= 11 is 0. The highest BCUT2D eigenvalue weighted by Gasteiger charge is 2.11. The first-order valence-corrected chi connectivity index (χ1v) is 7.96. The summed E-state index contributed by atoms with van der Waals surface area (Å²) in [6, 6.07) is 11.9. The van der Waals surface area contributed by atoms with Crippen molar-refractivity contribution >= 4 is 11.0 Å². The average Bonchev–Trinajstić information content (AvgIpc) is 3.22. The summed E-state index contributed by atoms with van der Waals surface area (Å²) in [5.74, 6) is 1.63. The average molecular weight is 318 g/mol. The fourth-order valence-electron chi connectivity index (χ4n) is 2.79. The lowest BCUT2D eigenvalue weighted by Gasteiger charge is -2.06. The van der Waals surface area contributed by atoms with Crippen LogP contribution < -0.4 is 0 Å². The van der Waals surface area contributed by atoms with Gasteiger partial charge in [-0.2, -0.15) is 4.98 Å². The highest BCUT2D eigenvalue weighted by Crippen LogP contribution is 2.14. The van der Waals surface area contributed by atoms with E-state index in [4.69, 9.17) is 4.98 Å². The van der Waals surface area contributed by atoms with Crippen molar-refractivity contribution in [1.82, 2.24) is 29.3 Å². The van der Waals surface area contributed by atoms with E-state index in [9.17, 15) is 0 Å². The van der Waals surface area contributed by atoms with E-state index in [0.29, 0.717) is 5.95 Å². The summed E-state index contributed by atoms with van der Waals surface area (Å²) in [5, 5.41) is 4.47. The first-order valence-electron chi connectivity index (χ1n) is 7.96. The van der Waals surface area contributed by atoms with E-state index in [2.05, 4.69) is 15.1 Å². The van der Waals surface area contributed by atoms with Crippen molar-refractivity contribution in [2.45, 2.75) is 19.8 Å². The lowest BCUT2D eigenvalue weighted by Crippen LogP contribution is -2.05. The second kappa shape index (κ2) is 5.88. The van der Waals surface area contributed by atoms with Crippen LogP contribution in [0.25, 0.3) is 17.0 Å². The van der Waals surface area contributed by atoms with E-state index in [1.54, 1.807) is 0 Å². The molecule has 0 amide bonds. The maximum absolute atomic E-state index is 4.75. The molecule has 6 nitrogen and oxygen atoms in total. The number of fused-ring (bicyclic) bond motifs is 1. The van der Waals surface area contributed by atoms with Crippen LogP contribution in [0.3, 0.4) is 0 Å². The Kier molecular flexibility index (Phi) is 3.57. The zero-order chi connectivity index (χ0) is 16.5. The molecule has 0 bridgehead atoms. The Balaban J connectivity index is 1.58. The highest BCUT2D eigenvalue weighted by molar-refractivity contribution is 5.74. The lowest BCUT2D eigenvalue weighted by atomic mass is 10.1. The number of aromatic nitrogens is 6. The van der Waals surface area contributed by atoms with E-state index in [1.165, 1.54) is 0 Å². The summed E-state index contributed by atoms with van der Waals surface area (Å²) in [6.07, 6.45) is 5.45. The molecule has 4 aromatic rings. The summed E-state index contributed by atoms with van der Waals surface area (Å²) in [4.78, 5) is 14.0. The molecule has 0 spiro atoms. The molecule has 0 aliphatic carbocycles. The van der Waals surface area contributed by atoms with Crippen LogP contribution in [-0.4, -0.2) is 29.3 Å². The van der Waals surface area contributed by atoms with Crippen LogP contribution in [0.1, 0.15) is 17.2 Å². The molecule has 3 heterocycles. The monoisotopic (exact) mass is 318 g/mol. The second-order valence-electron chi connectivity index (χ2n) is 5.79. The fraction of sp³-hybridized carbons (Fsp3) is 0.222. The van der Waals surface area contributed by atoms with Gasteiger partial charge in [0.25, 0.3) is 5.95 Å². The van der Waals surface area contributed by atoms with Gasteiger partial charge in [0.2, 0.25) is 0 Å². The van der Waals surface area contributed by atoms with Crippen molar-refractivity contribution in [2.24, 2.45) is 7.05 Å². The van der Waals surface area contributed by atoms with Crippen LogP contribution in [0.5, 0.6) is 0 Å².